The summed E-state index contributed by atoms with van der Waals surface area (Å²) >= 11 is 0. The first-order chi connectivity index (χ1) is 14.0. The van der Waals surface area contributed by atoms with Crippen molar-refractivity contribution in [3.8, 4) is 17.0 Å². The minimum absolute atomic E-state index is 0.0204. The third kappa shape index (κ3) is 3.31. The molecular formula is C24H27N3O2. The molecule has 0 radical (unpaired) electrons. The number of fused-ring (bicyclic) bond motifs is 1. The topological polar surface area (TPSA) is 69.2 Å². The van der Waals surface area contributed by atoms with Gasteiger partial charge in [0.25, 0.3) is 5.91 Å². The zero-order valence-corrected chi connectivity index (χ0v) is 17.2. The van der Waals surface area contributed by atoms with Crippen molar-refractivity contribution in [3.05, 3.63) is 70.4 Å². The number of hydrogen-bond donors (Lipinski definition) is 2. The molecule has 0 spiro atoms. The summed E-state index contributed by atoms with van der Waals surface area (Å²) in [6.45, 7) is 6.79. The minimum Gasteiger partial charge on any atom is -0.507 e. The molecule has 2 N–H and O–H groups in total. The van der Waals surface area contributed by atoms with Gasteiger partial charge in [0.05, 0.1) is 6.04 Å². The predicted octanol–water partition coefficient (Wildman–Crippen LogP) is 5.13. The molecule has 1 aliphatic rings. The quantitative estimate of drug-likeness (QED) is 0.574. The number of aromatic amines is 1. The maximum Gasteiger partial charge on any atom is 0.273 e. The third-order valence-corrected chi connectivity index (χ3v) is 5.68. The highest BCUT2D eigenvalue weighted by atomic mass is 16.3. The molecule has 150 valence electrons. The molecular weight excluding hydrogens is 362 g/mol. The zero-order chi connectivity index (χ0) is 20.5. The smallest absolute Gasteiger partial charge is 0.273 e. The Balaban J connectivity index is 1.87. The van der Waals surface area contributed by atoms with Crippen LogP contribution < -0.4 is 0 Å². The number of aryl methyl sites for hydroxylation is 2. The first kappa shape index (κ1) is 19.2. The highest BCUT2D eigenvalue weighted by Gasteiger charge is 2.42. The van der Waals surface area contributed by atoms with E-state index in [-0.39, 0.29) is 17.7 Å². The summed E-state index contributed by atoms with van der Waals surface area (Å²) in [6.07, 6.45) is 3.15. The summed E-state index contributed by atoms with van der Waals surface area (Å²) in [6, 6.07) is 13.7. The van der Waals surface area contributed by atoms with Crippen molar-refractivity contribution >= 4 is 5.91 Å². The van der Waals surface area contributed by atoms with E-state index < -0.39 is 0 Å². The number of benzene rings is 2. The number of carbonyl (C=O) groups is 1. The zero-order valence-electron chi connectivity index (χ0n) is 17.2. The van der Waals surface area contributed by atoms with Crippen molar-refractivity contribution in [2.75, 3.05) is 6.54 Å². The lowest BCUT2D eigenvalue weighted by molar-refractivity contribution is 0.0740. The monoisotopic (exact) mass is 389 g/mol. The summed E-state index contributed by atoms with van der Waals surface area (Å²) in [4.78, 5) is 15.2. The second kappa shape index (κ2) is 7.74. The number of H-pyrrole nitrogens is 1. The molecule has 2 heterocycles. The highest BCUT2D eigenvalue weighted by Crippen LogP contribution is 2.45. The van der Waals surface area contributed by atoms with E-state index in [0.717, 1.165) is 41.5 Å². The van der Waals surface area contributed by atoms with Gasteiger partial charge in [-0.1, -0.05) is 56.2 Å². The first-order valence-electron chi connectivity index (χ1n) is 10.3. The number of nitrogens with one attached hydrogen (secondary N) is 1. The highest BCUT2D eigenvalue weighted by molar-refractivity contribution is 6.00. The molecule has 5 nitrogen and oxygen atoms in total. The first-order valence-corrected chi connectivity index (χ1v) is 10.3. The van der Waals surface area contributed by atoms with Crippen LogP contribution in [0.1, 0.15) is 65.0 Å². The van der Waals surface area contributed by atoms with Gasteiger partial charge in [0.15, 0.2) is 0 Å². The SMILES string of the molecule is CCCCCN1C(=O)c2[nH]nc(-c3c(C)cc(C)cc3O)c2C1c1ccccc1. The van der Waals surface area contributed by atoms with Gasteiger partial charge >= 0.3 is 0 Å². The Labute approximate surface area is 171 Å². The lowest BCUT2D eigenvalue weighted by Gasteiger charge is -2.26. The molecule has 0 bridgehead atoms. The number of hydrogen-bond acceptors (Lipinski definition) is 3. The fraction of sp³-hybridized carbons (Fsp3) is 0.333. The van der Waals surface area contributed by atoms with Gasteiger partial charge in [0, 0.05) is 17.7 Å². The Kier molecular flexibility index (Phi) is 5.14. The molecule has 1 amide bonds. The maximum absolute atomic E-state index is 13.2. The summed E-state index contributed by atoms with van der Waals surface area (Å²) in [5.41, 5.74) is 5.74. The molecule has 0 aliphatic carbocycles. The van der Waals surface area contributed by atoms with Gasteiger partial charge in [-0.2, -0.15) is 5.10 Å². The standard InChI is InChI=1S/C24H27N3O2/c1-4-5-9-12-27-23(17-10-7-6-8-11-17)20-21(25-26-22(20)24(27)29)19-16(3)13-15(2)14-18(19)28/h6-8,10-11,13-14,23,28H,4-5,9,12H2,1-3H3,(H,25,26). The van der Waals surface area contributed by atoms with E-state index in [9.17, 15) is 9.90 Å². The number of carbonyl (C=O) groups excluding carboxylic acids is 1. The van der Waals surface area contributed by atoms with Crippen LogP contribution >= 0.6 is 0 Å². The van der Waals surface area contributed by atoms with E-state index in [1.807, 2.05) is 43.0 Å². The number of aromatic nitrogens is 2. The van der Waals surface area contributed by atoms with Gasteiger partial charge in [0.1, 0.15) is 17.1 Å². The van der Waals surface area contributed by atoms with Crippen molar-refractivity contribution in [3.63, 3.8) is 0 Å². The van der Waals surface area contributed by atoms with Crippen LogP contribution in [-0.2, 0) is 0 Å². The Morgan fingerprint density at radius 3 is 2.59 bits per heavy atom. The van der Waals surface area contributed by atoms with E-state index in [2.05, 4.69) is 29.3 Å². The van der Waals surface area contributed by atoms with Gasteiger partial charge in [-0.3, -0.25) is 9.89 Å². The van der Waals surface area contributed by atoms with E-state index in [1.165, 1.54) is 0 Å². The second-order valence-corrected chi connectivity index (χ2v) is 7.86. The number of amides is 1. The Hall–Kier alpha value is -3.08. The summed E-state index contributed by atoms with van der Waals surface area (Å²) < 4.78 is 0. The van der Waals surface area contributed by atoms with E-state index >= 15 is 0 Å². The number of phenols is 1. The van der Waals surface area contributed by atoms with Crippen LogP contribution in [0.4, 0.5) is 0 Å². The Bertz CT molecular complexity index is 1020. The molecule has 1 atom stereocenters. The van der Waals surface area contributed by atoms with Crippen molar-refractivity contribution in [1.82, 2.24) is 15.1 Å². The second-order valence-electron chi connectivity index (χ2n) is 7.86. The van der Waals surface area contributed by atoms with Crippen molar-refractivity contribution < 1.29 is 9.90 Å². The molecule has 0 saturated carbocycles. The van der Waals surface area contributed by atoms with Crippen LogP contribution in [0.15, 0.2) is 42.5 Å². The number of rotatable bonds is 6. The van der Waals surface area contributed by atoms with Gasteiger partial charge in [-0.15, -0.1) is 0 Å². The van der Waals surface area contributed by atoms with Crippen LogP contribution in [-0.4, -0.2) is 32.7 Å². The van der Waals surface area contributed by atoms with Crippen LogP contribution in [0.2, 0.25) is 0 Å². The summed E-state index contributed by atoms with van der Waals surface area (Å²) in [7, 11) is 0. The molecule has 5 heteroatoms. The fourth-order valence-electron chi connectivity index (χ4n) is 4.39. The average molecular weight is 389 g/mol. The molecule has 2 aromatic carbocycles. The van der Waals surface area contributed by atoms with Crippen LogP contribution in [0.3, 0.4) is 0 Å². The van der Waals surface area contributed by atoms with Gasteiger partial charge in [-0.05, 0) is 43.0 Å². The molecule has 1 aliphatic heterocycles. The molecule has 1 aromatic heterocycles. The predicted molar refractivity (Wildman–Crippen MR) is 114 cm³/mol. The minimum atomic E-state index is -0.204. The molecule has 1 unspecified atom stereocenters. The van der Waals surface area contributed by atoms with Crippen LogP contribution in [0.5, 0.6) is 5.75 Å². The summed E-state index contributed by atoms with van der Waals surface area (Å²) in [5.74, 6) is 0.174. The fourth-order valence-corrected chi connectivity index (χ4v) is 4.39. The number of nitrogens with zero attached hydrogens (tertiary/aromatic N) is 2. The Morgan fingerprint density at radius 2 is 1.90 bits per heavy atom. The van der Waals surface area contributed by atoms with E-state index in [1.54, 1.807) is 6.07 Å². The maximum atomic E-state index is 13.2. The number of phenolic OH excluding ortho intramolecular Hbond substituents is 1. The number of aromatic hydroxyl groups is 1. The molecule has 0 fully saturated rings. The van der Waals surface area contributed by atoms with Gasteiger partial charge < -0.3 is 10.0 Å². The van der Waals surface area contributed by atoms with E-state index in [0.29, 0.717) is 23.5 Å². The van der Waals surface area contributed by atoms with Crippen LogP contribution in [0, 0.1) is 13.8 Å². The normalized spacial score (nSPS) is 15.8. The summed E-state index contributed by atoms with van der Waals surface area (Å²) in [5, 5.41) is 18.1. The third-order valence-electron chi connectivity index (χ3n) is 5.68. The van der Waals surface area contributed by atoms with Crippen molar-refractivity contribution in [2.45, 2.75) is 46.1 Å². The van der Waals surface area contributed by atoms with E-state index in [4.69, 9.17) is 0 Å². The molecule has 0 saturated heterocycles. The van der Waals surface area contributed by atoms with Crippen molar-refractivity contribution in [1.29, 1.82) is 0 Å². The Morgan fingerprint density at radius 1 is 1.14 bits per heavy atom. The molecule has 4 rings (SSSR count). The average Bonchev–Trinajstić information content (AvgIpc) is 3.22. The van der Waals surface area contributed by atoms with Crippen molar-refractivity contribution in [2.24, 2.45) is 0 Å². The van der Waals surface area contributed by atoms with Crippen LogP contribution in [0.25, 0.3) is 11.3 Å². The molecule has 29 heavy (non-hydrogen) atoms. The largest absolute Gasteiger partial charge is 0.507 e. The lowest BCUT2D eigenvalue weighted by Crippen LogP contribution is -2.30. The van der Waals surface area contributed by atoms with Gasteiger partial charge in [-0.25, -0.2) is 0 Å². The van der Waals surface area contributed by atoms with Gasteiger partial charge in [0.2, 0.25) is 0 Å². The molecule has 3 aromatic rings. The lowest BCUT2D eigenvalue weighted by atomic mass is 9.93. The number of unbranched alkanes of at least 4 members (excludes halogenated alkanes) is 2.